The molecule has 0 N–H and O–H groups in total. The van der Waals surface area contributed by atoms with E-state index in [1.807, 2.05) is 0 Å². The summed E-state index contributed by atoms with van der Waals surface area (Å²) in [6.45, 7) is 1.50. The van der Waals surface area contributed by atoms with Crippen LogP contribution in [0.2, 0.25) is 0 Å². The predicted molar refractivity (Wildman–Crippen MR) is 62.2 cm³/mol. The highest BCUT2D eigenvalue weighted by atomic mass is 79.9. The Balaban J connectivity index is 3.29. The van der Waals surface area contributed by atoms with Crippen molar-refractivity contribution >= 4 is 21.9 Å². The highest BCUT2D eigenvalue weighted by Crippen LogP contribution is 2.35. The van der Waals surface area contributed by atoms with Gasteiger partial charge < -0.3 is 4.74 Å². The summed E-state index contributed by atoms with van der Waals surface area (Å²) in [7, 11) is 0. The molecule has 0 amide bonds. The second-order valence-electron chi connectivity index (χ2n) is 3.65. The number of alkyl halides is 5. The standard InChI is InChI=1S/C11H9BrF5NO2/c1-2-20-7(19)4-5-3-6(11(15,16)17)18-9(12)8(5)10(13)14/h3,10H,2,4H2,1H3. The fourth-order valence-corrected chi connectivity index (χ4v) is 2.08. The van der Waals surface area contributed by atoms with E-state index >= 15 is 0 Å². The molecule has 3 nitrogen and oxygen atoms in total. The van der Waals surface area contributed by atoms with Gasteiger partial charge in [-0.15, -0.1) is 0 Å². The van der Waals surface area contributed by atoms with E-state index in [1.54, 1.807) is 0 Å². The number of carbonyl (C=O) groups is 1. The molecule has 0 aliphatic rings. The van der Waals surface area contributed by atoms with Gasteiger partial charge in [0.15, 0.2) is 0 Å². The van der Waals surface area contributed by atoms with Crippen LogP contribution in [0.25, 0.3) is 0 Å². The molecule has 0 saturated heterocycles. The van der Waals surface area contributed by atoms with E-state index in [0.717, 1.165) is 0 Å². The van der Waals surface area contributed by atoms with Crippen LogP contribution in [0.1, 0.15) is 30.2 Å². The molecular formula is C11H9BrF5NO2. The van der Waals surface area contributed by atoms with E-state index < -0.39 is 46.4 Å². The monoisotopic (exact) mass is 361 g/mol. The molecule has 1 heterocycles. The Morgan fingerprint density at radius 1 is 1.45 bits per heavy atom. The Labute approximate surface area is 119 Å². The van der Waals surface area contributed by atoms with E-state index in [1.165, 1.54) is 6.92 Å². The van der Waals surface area contributed by atoms with Crippen molar-refractivity contribution in [2.24, 2.45) is 0 Å². The summed E-state index contributed by atoms with van der Waals surface area (Å²) in [6.07, 6.45) is -8.55. The number of halogens is 6. The summed E-state index contributed by atoms with van der Waals surface area (Å²) >= 11 is 2.58. The maximum atomic E-state index is 12.8. The summed E-state index contributed by atoms with van der Waals surface area (Å²) in [4.78, 5) is 14.3. The molecule has 1 rings (SSSR count). The molecule has 1 aromatic rings. The van der Waals surface area contributed by atoms with Gasteiger partial charge in [0.25, 0.3) is 6.43 Å². The maximum absolute atomic E-state index is 12.8. The highest BCUT2D eigenvalue weighted by Gasteiger charge is 2.35. The van der Waals surface area contributed by atoms with Gasteiger partial charge >= 0.3 is 12.1 Å². The molecule has 0 aromatic carbocycles. The SMILES string of the molecule is CCOC(=O)Cc1cc(C(F)(F)F)nc(Br)c1C(F)F. The third kappa shape index (κ3) is 4.12. The molecule has 0 atom stereocenters. The average molecular weight is 362 g/mol. The van der Waals surface area contributed by atoms with Crippen molar-refractivity contribution in [3.05, 3.63) is 27.5 Å². The second-order valence-corrected chi connectivity index (χ2v) is 4.40. The first-order chi connectivity index (χ1) is 9.16. The van der Waals surface area contributed by atoms with E-state index in [0.29, 0.717) is 6.07 Å². The van der Waals surface area contributed by atoms with Crippen LogP contribution in [-0.4, -0.2) is 17.6 Å². The molecule has 0 aliphatic heterocycles. The number of hydrogen-bond acceptors (Lipinski definition) is 3. The first-order valence-electron chi connectivity index (χ1n) is 5.37. The Bertz CT molecular complexity index is 504. The van der Waals surface area contributed by atoms with Crippen LogP contribution in [0.3, 0.4) is 0 Å². The smallest absolute Gasteiger partial charge is 0.433 e. The zero-order chi connectivity index (χ0) is 15.5. The lowest BCUT2D eigenvalue weighted by Gasteiger charge is -2.14. The molecule has 0 aliphatic carbocycles. The number of carbonyl (C=O) groups excluding carboxylic acids is 1. The quantitative estimate of drug-likeness (QED) is 0.463. The summed E-state index contributed by atoms with van der Waals surface area (Å²) in [5.74, 6) is -0.888. The van der Waals surface area contributed by atoms with Gasteiger partial charge in [0.2, 0.25) is 0 Å². The molecule has 0 spiro atoms. The number of aromatic nitrogens is 1. The van der Waals surface area contributed by atoms with Crippen LogP contribution in [0, 0.1) is 0 Å². The maximum Gasteiger partial charge on any atom is 0.433 e. The third-order valence-corrected chi connectivity index (χ3v) is 2.85. The summed E-state index contributed by atoms with van der Waals surface area (Å²) in [5, 5.41) is 0. The largest absolute Gasteiger partial charge is 0.466 e. The minimum absolute atomic E-state index is 0.00122. The lowest BCUT2D eigenvalue weighted by atomic mass is 10.1. The molecule has 20 heavy (non-hydrogen) atoms. The van der Waals surface area contributed by atoms with Crippen molar-refractivity contribution in [3.63, 3.8) is 0 Å². The fraction of sp³-hybridized carbons (Fsp3) is 0.455. The molecule has 0 radical (unpaired) electrons. The number of pyridine rings is 1. The van der Waals surface area contributed by atoms with Crippen molar-refractivity contribution in [3.8, 4) is 0 Å². The Morgan fingerprint density at radius 2 is 2.05 bits per heavy atom. The van der Waals surface area contributed by atoms with Crippen molar-refractivity contribution in [1.29, 1.82) is 0 Å². The zero-order valence-corrected chi connectivity index (χ0v) is 11.7. The highest BCUT2D eigenvalue weighted by molar-refractivity contribution is 9.10. The topological polar surface area (TPSA) is 39.2 Å². The van der Waals surface area contributed by atoms with E-state index in [4.69, 9.17) is 0 Å². The van der Waals surface area contributed by atoms with E-state index in [2.05, 4.69) is 25.7 Å². The number of hydrogen-bond donors (Lipinski definition) is 0. The van der Waals surface area contributed by atoms with Gasteiger partial charge in [-0.2, -0.15) is 13.2 Å². The Hall–Kier alpha value is -1.25. The number of nitrogens with zero attached hydrogens (tertiary/aromatic N) is 1. The van der Waals surface area contributed by atoms with Gasteiger partial charge in [-0.3, -0.25) is 4.79 Å². The normalized spacial score (nSPS) is 11.8. The molecule has 1 aromatic heterocycles. The first-order valence-corrected chi connectivity index (χ1v) is 6.16. The number of rotatable bonds is 4. The van der Waals surface area contributed by atoms with Gasteiger partial charge in [-0.25, -0.2) is 13.8 Å². The van der Waals surface area contributed by atoms with Crippen LogP contribution in [0.15, 0.2) is 10.7 Å². The Kier molecular flexibility index (Phi) is 5.43. The van der Waals surface area contributed by atoms with Crippen LogP contribution in [-0.2, 0) is 22.1 Å². The van der Waals surface area contributed by atoms with E-state index in [-0.39, 0.29) is 6.61 Å². The zero-order valence-electron chi connectivity index (χ0n) is 10.1. The molecule has 0 fully saturated rings. The van der Waals surface area contributed by atoms with Crippen LogP contribution < -0.4 is 0 Å². The van der Waals surface area contributed by atoms with Crippen molar-refractivity contribution in [2.45, 2.75) is 25.9 Å². The molecule has 9 heteroatoms. The van der Waals surface area contributed by atoms with Gasteiger partial charge in [-0.05, 0) is 34.5 Å². The van der Waals surface area contributed by atoms with E-state index in [9.17, 15) is 26.7 Å². The van der Waals surface area contributed by atoms with Crippen LogP contribution >= 0.6 is 15.9 Å². The van der Waals surface area contributed by atoms with Crippen molar-refractivity contribution in [1.82, 2.24) is 4.98 Å². The summed E-state index contributed by atoms with van der Waals surface area (Å²) in [5.41, 5.74) is -2.56. The lowest BCUT2D eigenvalue weighted by Crippen LogP contribution is -2.15. The second kappa shape index (κ2) is 6.47. The minimum atomic E-state index is -4.80. The molecular weight excluding hydrogens is 353 g/mol. The van der Waals surface area contributed by atoms with Crippen molar-refractivity contribution in [2.75, 3.05) is 6.61 Å². The third-order valence-electron chi connectivity index (χ3n) is 2.25. The number of esters is 1. The van der Waals surface area contributed by atoms with Crippen LogP contribution in [0.4, 0.5) is 22.0 Å². The summed E-state index contributed by atoms with van der Waals surface area (Å²) < 4.78 is 67.3. The average Bonchev–Trinajstić information content (AvgIpc) is 2.26. The van der Waals surface area contributed by atoms with Gasteiger partial charge in [0.1, 0.15) is 10.3 Å². The molecule has 0 bridgehead atoms. The molecule has 0 unspecified atom stereocenters. The van der Waals surface area contributed by atoms with Gasteiger partial charge in [-0.1, -0.05) is 0 Å². The molecule has 0 saturated carbocycles. The van der Waals surface area contributed by atoms with Crippen molar-refractivity contribution < 1.29 is 31.5 Å². The first kappa shape index (κ1) is 16.8. The predicted octanol–water partition coefficient (Wildman–Crippen LogP) is 3.91. The van der Waals surface area contributed by atoms with Gasteiger partial charge in [0.05, 0.1) is 18.6 Å². The fourth-order valence-electron chi connectivity index (χ4n) is 1.46. The molecule has 112 valence electrons. The van der Waals surface area contributed by atoms with Crippen LogP contribution in [0.5, 0.6) is 0 Å². The minimum Gasteiger partial charge on any atom is -0.466 e. The van der Waals surface area contributed by atoms with Gasteiger partial charge in [0, 0.05) is 0 Å². The number of ether oxygens (including phenoxy) is 1. The Morgan fingerprint density at radius 3 is 2.50 bits per heavy atom. The lowest BCUT2D eigenvalue weighted by molar-refractivity contribution is -0.143. The summed E-state index contributed by atoms with van der Waals surface area (Å²) in [6, 6.07) is 0.434.